The van der Waals surface area contributed by atoms with E-state index in [1.807, 2.05) is 6.92 Å². The molecular weight excluding hydrogens is 312 g/mol. The molecule has 0 spiro atoms. The molecule has 2 N–H and O–H groups in total. The summed E-state index contributed by atoms with van der Waals surface area (Å²) in [5, 5.41) is 19.1. The van der Waals surface area contributed by atoms with Crippen molar-refractivity contribution in [2.24, 2.45) is 23.7 Å². The number of hydrogen-bond acceptors (Lipinski definition) is 2. The molecule has 0 aromatic rings. The van der Waals surface area contributed by atoms with Gasteiger partial charge in [-0.25, -0.2) is 0 Å². The van der Waals surface area contributed by atoms with Crippen LogP contribution < -0.4 is 0 Å². The van der Waals surface area contributed by atoms with Crippen LogP contribution in [-0.4, -0.2) is 22.3 Å². The van der Waals surface area contributed by atoms with Crippen molar-refractivity contribution in [3.8, 4) is 11.8 Å². The van der Waals surface area contributed by atoms with Gasteiger partial charge in [0, 0.05) is 18.8 Å². The number of aliphatic hydroxyl groups is 1. The molecule has 5 atom stereocenters. The van der Waals surface area contributed by atoms with E-state index < -0.39 is 5.97 Å². The zero-order chi connectivity index (χ0) is 18.2. The van der Waals surface area contributed by atoms with Gasteiger partial charge >= 0.3 is 5.97 Å². The maximum Gasteiger partial charge on any atom is 0.303 e. The van der Waals surface area contributed by atoms with Gasteiger partial charge in [0.2, 0.25) is 0 Å². The van der Waals surface area contributed by atoms with Gasteiger partial charge in [-0.05, 0) is 63.2 Å². The number of hydrogen-bond donors (Lipinski definition) is 2. The SMILES string of the molecule is CC#CCC(C)C/C=C/C1[C@H](O)C[C@@H]2C/C(=C\CCCC(=O)O)C[C@H]12. The van der Waals surface area contributed by atoms with Gasteiger partial charge in [-0.3, -0.25) is 4.79 Å². The largest absolute Gasteiger partial charge is 0.481 e. The Morgan fingerprint density at radius 2 is 2.20 bits per heavy atom. The number of carboxylic acids is 1. The predicted molar refractivity (Wildman–Crippen MR) is 101 cm³/mol. The second-order valence-corrected chi connectivity index (χ2v) is 7.76. The molecule has 2 aliphatic rings. The predicted octanol–water partition coefficient (Wildman–Crippen LogP) is 4.57. The lowest BCUT2D eigenvalue weighted by molar-refractivity contribution is -0.137. The Kier molecular flexibility index (Phi) is 7.78. The molecule has 0 amide bonds. The molecule has 2 unspecified atom stereocenters. The van der Waals surface area contributed by atoms with E-state index in [-0.39, 0.29) is 18.4 Å². The quantitative estimate of drug-likeness (QED) is 0.385. The standard InChI is InChI=1S/C22H32O3/c1-3-4-8-16(2)9-7-11-19-20-14-17(10-5-6-12-22(24)25)13-18(20)15-21(19)23/h7,10-11,16,18-21,23H,5-6,8-9,12-15H2,1-2H3,(H,24,25)/b11-7+,17-10+/t16?,18-,19?,20-,21+/m0/s1. The molecular formula is C22H32O3. The summed E-state index contributed by atoms with van der Waals surface area (Å²) in [4.78, 5) is 10.6. The van der Waals surface area contributed by atoms with Crippen molar-refractivity contribution in [2.75, 3.05) is 0 Å². The van der Waals surface area contributed by atoms with Crippen LogP contribution in [0, 0.1) is 35.5 Å². The first-order chi connectivity index (χ1) is 12.0. The van der Waals surface area contributed by atoms with Gasteiger partial charge in [0.1, 0.15) is 0 Å². The highest BCUT2D eigenvalue weighted by Gasteiger charge is 2.44. The maximum absolute atomic E-state index is 10.6. The minimum atomic E-state index is -0.714. The first-order valence-corrected chi connectivity index (χ1v) is 9.65. The Morgan fingerprint density at radius 1 is 1.40 bits per heavy atom. The molecule has 0 aromatic heterocycles. The molecule has 0 aromatic carbocycles. The molecule has 2 fully saturated rings. The highest BCUT2D eigenvalue weighted by atomic mass is 16.4. The Labute approximate surface area is 152 Å². The van der Waals surface area contributed by atoms with Gasteiger partial charge in [-0.1, -0.05) is 30.7 Å². The van der Waals surface area contributed by atoms with Crippen molar-refractivity contribution in [2.45, 2.75) is 71.3 Å². The zero-order valence-corrected chi connectivity index (χ0v) is 15.6. The number of carbonyl (C=O) groups is 1. The average Bonchev–Trinajstić information content (AvgIpc) is 3.07. The fraction of sp³-hybridized carbons (Fsp3) is 0.682. The fourth-order valence-corrected chi connectivity index (χ4v) is 4.33. The van der Waals surface area contributed by atoms with Crippen molar-refractivity contribution in [1.82, 2.24) is 0 Å². The second-order valence-electron chi connectivity index (χ2n) is 7.76. The third-order valence-corrected chi connectivity index (χ3v) is 5.66. The summed E-state index contributed by atoms with van der Waals surface area (Å²) < 4.78 is 0. The molecule has 2 saturated carbocycles. The van der Waals surface area contributed by atoms with E-state index in [1.54, 1.807) is 0 Å². The first kappa shape index (κ1) is 19.8. The van der Waals surface area contributed by atoms with E-state index in [9.17, 15) is 9.90 Å². The van der Waals surface area contributed by atoms with Crippen LogP contribution >= 0.6 is 0 Å². The van der Waals surface area contributed by atoms with Crippen molar-refractivity contribution in [3.05, 3.63) is 23.8 Å². The summed E-state index contributed by atoms with van der Waals surface area (Å²) in [6.07, 6.45) is 13.4. The smallest absolute Gasteiger partial charge is 0.303 e. The normalized spacial score (nSPS) is 31.1. The molecule has 25 heavy (non-hydrogen) atoms. The second kappa shape index (κ2) is 9.82. The molecule has 0 heterocycles. The van der Waals surface area contributed by atoms with Crippen molar-refractivity contribution in [3.63, 3.8) is 0 Å². The van der Waals surface area contributed by atoms with Crippen molar-refractivity contribution in [1.29, 1.82) is 0 Å². The Bertz CT molecular complexity index is 564. The average molecular weight is 344 g/mol. The van der Waals surface area contributed by atoms with E-state index in [0.29, 0.717) is 17.8 Å². The van der Waals surface area contributed by atoms with Gasteiger partial charge < -0.3 is 10.2 Å². The summed E-state index contributed by atoms with van der Waals surface area (Å²) in [5.74, 6) is 7.36. The van der Waals surface area contributed by atoms with Crippen molar-refractivity contribution >= 4 is 5.97 Å². The minimum Gasteiger partial charge on any atom is -0.481 e. The van der Waals surface area contributed by atoms with Crippen LogP contribution in [0.5, 0.6) is 0 Å². The van der Waals surface area contributed by atoms with Gasteiger partial charge in [0.05, 0.1) is 6.10 Å². The van der Waals surface area contributed by atoms with Gasteiger partial charge in [-0.2, -0.15) is 0 Å². The fourth-order valence-electron chi connectivity index (χ4n) is 4.33. The number of fused-ring (bicyclic) bond motifs is 1. The van der Waals surface area contributed by atoms with Crippen molar-refractivity contribution < 1.29 is 15.0 Å². The molecule has 3 heteroatoms. The molecule has 0 saturated heterocycles. The number of unbranched alkanes of at least 4 members (excludes halogenated alkanes) is 1. The highest BCUT2D eigenvalue weighted by molar-refractivity contribution is 5.66. The van der Waals surface area contributed by atoms with Crippen LogP contribution in [0.25, 0.3) is 0 Å². The third kappa shape index (κ3) is 6.04. The van der Waals surface area contributed by atoms with Crippen LogP contribution in [0.1, 0.15) is 65.2 Å². The lowest BCUT2D eigenvalue weighted by Crippen LogP contribution is -2.16. The molecule has 0 bridgehead atoms. The number of aliphatic hydroxyl groups excluding tert-OH is 1. The number of allylic oxidation sites excluding steroid dienone is 3. The summed E-state index contributed by atoms with van der Waals surface area (Å²) in [7, 11) is 0. The van der Waals surface area contributed by atoms with Gasteiger partial charge in [-0.15, -0.1) is 11.8 Å². The highest BCUT2D eigenvalue weighted by Crippen LogP contribution is 2.50. The van der Waals surface area contributed by atoms with Crippen LogP contribution in [0.3, 0.4) is 0 Å². The lowest BCUT2D eigenvalue weighted by atomic mass is 9.90. The summed E-state index contributed by atoms with van der Waals surface area (Å²) in [5.41, 5.74) is 1.47. The number of rotatable bonds is 8. The molecule has 0 aliphatic heterocycles. The summed E-state index contributed by atoms with van der Waals surface area (Å²) in [6, 6.07) is 0. The molecule has 2 aliphatic carbocycles. The zero-order valence-electron chi connectivity index (χ0n) is 15.6. The Hall–Kier alpha value is -1.53. The number of aliphatic carboxylic acids is 1. The van der Waals surface area contributed by atoms with E-state index in [4.69, 9.17) is 5.11 Å². The van der Waals surface area contributed by atoms with Crippen LogP contribution in [0.2, 0.25) is 0 Å². The van der Waals surface area contributed by atoms with Gasteiger partial charge in [0.15, 0.2) is 0 Å². The van der Waals surface area contributed by atoms with Crippen LogP contribution in [0.4, 0.5) is 0 Å². The molecule has 2 rings (SSSR count). The summed E-state index contributed by atoms with van der Waals surface area (Å²) in [6.45, 7) is 4.10. The Balaban J connectivity index is 1.83. The topological polar surface area (TPSA) is 57.5 Å². The molecule has 138 valence electrons. The van der Waals surface area contributed by atoms with E-state index in [1.165, 1.54) is 5.57 Å². The van der Waals surface area contributed by atoms with Crippen LogP contribution in [-0.2, 0) is 4.79 Å². The summed E-state index contributed by atoms with van der Waals surface area (Å²) >= 11 is 0. The lowest BCUT2D eigenvalue weighted by Gasteiger charge is -2.17. The number of carboxylic acid groups (broad SMARTS) is 1. The third-order valence-electron chi connectivity index (χ3n) is 5.66. The minimum absolute atomic E-state index is 0.203. The maximum atomic E-state index is 10.6. The molecule has 3 nitrogen and oxygen atoms in total. The Morgan fingerprint density at radius 3 is 2.92 bits per heavy atom. The van der Waals surface area contributed by atoms with E-state index in [2.05, 4.69) is 37.0 Å². The van der Waals surface area contributed by atoms with Crippen LogP contribution in [0.15, 0.2) is 23.8 Å². The van der Waals surface area contributed by atoms with E-state index >= 15 is 0 Å². The molecule has 0 radical (unpaired) electrons. The monoisotopic (exact) mass is 344 g/mol. The van der Waals surface area contributed by atoms with Gasteiger partial charge in [0.25, 0.3) is 0 Å². The first-order valence-electron chi connectivity index (χ1n) is 9.65. The van der Waals surface area contributed by atoms with E-state index in [0.717, 1.165) is 44.9 Å².